The zero-order valence-electron chi connectivity index (χ0n) is 12.6. The van der Waals surface area contributed by atoms with E-state index in [-0.39, 0.29) is 0 Å². The molecule has 108 valence electrons. The first-order valence-corrected chi connectivity index (χ1v) is 7.36. The number of fused-ring (bicyclic) bond motifs is 3. The third kappa shape index (κ3) is 1.96. The number of aryl methyl sites for hydroxylation is 2. The van der Waals surface area contributed by atoms with E-state index < -0.39 is 0 Å². The molecule has 0 amide bonds. The molecule has 1 aliphatic heterocycles. The first-order valence-electron chi connectivity index (χ1n) is 7.36. The van der Waals surface area contributed by atoms with Gasteiger partial charge in [-0.25, -0.2) is 0 Å². The number of hydrogen-bond donors (Lipinski definition) is 0. The lowest BCUT2D eigenvalue weighted by molar-refractivity contribution is 0.862. The van der Waals surface area contributed by atoms with Crippen molar-refractivity contribution >= 4 is 5.71 Å². The van der Waals surface area contributed by atoms with Crippen molar-refractivity contribution < 1.29 is 0 Å². The molecule has 0 aliphatic carbocycles. The third-order valence-corrected chi connectivity index (χ3v) is 4.00. The molecule has 2 heterocycles. The molecule has 0 fully saturated rings. The summed E-state index contributed by atoms with van der Waals surface area (Å²) in [6.45, 7) is 4.61. The lowest BCUT2D eigenvalue weighted by Gasteiger charge is -2.12. The number of nitrogens with zero attached hydrogens (tertiary/aromatic N) is 4. The molecular formula is C18H16N4. The van der Waals surface area contributed by atoms with Gasteiger partial charge in [-0.15, -0.1) is 10.2 Å². The summed E-state index contributed by atoms with van der Waals surface area (Å²) in [5.74, 6) is 1.77. The van der Waals surface area contributed by atoms with Gasteiger partial charge < -0.3 is 0 Å². The van der Waals surface area contributed by atoms with Crippen LogP contribution in [0.1, 0.15) is 28.3 Å². The van der Waals surface area contributed by atoms with E-state index in [2.05, 4.69) is 58.1 Å². The van der Waals surface area contributed by atoms with Gasteiger partial charge in [0.2, 0.25) is 0 Å². The highest BCUT2D eigenvalue weighted by molar-refractivity contribution is 6.15. The number of benzene rings is 2. The van der Waals surface area contributed by atoms with Crippen molar-refractivity contribution in [3.63, 3.8) is 0 Å². The second-order valence-corrected chi connectivity index (χ2v) is 5.55. The van der Waals surface area contributed by atoms with E-state index in [0.29, 0.717) is 6.54 Å². The normalized spacial score (nSPS) is 13.1. The summed E-state index contributed by atoms with van der Waals surface area (Å²) < 4.78 is 2.10. The molecule has 0 radical (unpaired) electrons. The summed E-state index contributed by atoms with van der Waals surface area (Å²) in [5.41, 5.74) is 5.61. The van der Waals surface area contributed by atoms with Crippen molar-refractivity contribution in [2.45, 2.75) is 20.4 Å². The molecule has 1 aromatic heterocycles. The molecule has 0 spiro atoms. The first kappa shape index (κ1) is 13.0. The van der Waals surface area contributed by atoms with E-state index in [1.165, 1.54) is 5.56 Å². The molecular weight excluding hydrogens is 272 g/mol. The van der Waals surface area contributed by atoms with Crippen LogP contribution in [0.15, 0.2) is 53.5 Å². The smallest absolute Gasteiger partial charge is 0.159 e. The maximum atomic E-state index is 4.81. The van der Waals surface area contributed by atoms with Crippen molar-refractivity contribution in [3.8, 4) is 5.69 Å². The highest BCUT2D eigenvalue weighted by Gasteiger charge is 2.20. The fraction of sp³-hybridized carbons (Fsp3) is 0.167. The predicted molar refractivity (Wildman–Crippen MR) is 86.6 cm³/mol. The Balaban J connectivity index is 1.96. The standard InChI is InChI=1S/C18H16N4/c1-12-7-9-14(10-8-12)18-15-5-3-4-6-16(15)22-13(2)20-21-17(22)11-19-18/h3-10H,11H2,1-2H3. The van der Waals surface area contributed by atoms with Crippen LogP contribution in [0, 0.1) is 13.8 Å². The van der Waals surface area contributed by atoms with Crippen molar-refractivity contribution in [2.24, 2.45) is 4.99 Å². The second kappa shape index (κ2) is 4.91. The van der Waals surface area contributed by atoms with Crippen molar-refractivity contribution in [1.29, 1.82) is 0 Å². The SMILES string of the molecule is Cc1ccc(C2=NCc3nnc(C)n3-c3ccccc32)cc1. The fourth-order valence-electron chi connectivity index (χ4n) is 2.88. The minimum atomic E-state index is 0.540. The van der Waals surface area contributed by atoms with E-state index >= 15 is 0 Å². The fourth-order valence-corrected chi connectivity index (χ4v) is 2.88. The van der Waals surface area contributed by atoms with Crippen LogP contribution in [0.2, 0.25) is 0 Å². The topological polar surface area (TPSA) is 43.1 Å². The highest BCUT2D eigenvalue weighted by atomic mass is 15.3. The quantitative estimate of drug-likeness (QED) is 0.690. The number of aliphatic imine (C=N–C) groups is 1. The number of hydrogen-bond acceptors (Lipinski definition) is 3. The van der Waals surface area contributed by atoms with E-state index in [0.717, 1.165) is 34.2 Å². The summed E-state index contributed by atoms with van der Waals surface area (Å²) in [5, 5.41) is 8.46. The largest absolute Gasteiger partial charge is 0.281 e. The minimum Gasteiger partial charge on any atom is -0.281 e. The van der Waals surface area contributed by atoms with Crippen LogP contribution in [0.5, 0.6) is 0 Å². The maximum absolute atomic E-state index is 4.81. The molecule has 4 nitrogen and oxygen atoms in total. The van der Waals surface area contributed by atoms with Crippen LogP contribution in [-0.2, 0) is 6.54 Å². The number of aromatic nitrogens is 3. The zero-order chi connectivity index (χ0) is 15.1. The van der Waals surface area contributed by atoms with Gasteiger partial charge in [0.1, 0.15) is 12.4 Å². The van der Waals surface area contributed by atoms with E-state index in [1.54, 1.807) is 0 Å². The van der Waals surface area contributed by atoms with Gasteiger partial charge in [0.05, 0.1) is 11.4 Å². The van der Waals surface area contributed by atoms with E-state index in [9.17, 15) is 0 Å². The number of para-hydroxylation sites is 1. The van der Waals surface area contributed by atoms with Crippen LogP contribution in [0.25, 0.3) is 5.69 Å². The average Bonchev–Trinajstić information content (AvgIpc) is 2.82. The van der Waals surface area contributed by atoms with Crippen LogP contribution in [0.4, 0.5) is 0 Å². The van der Waals surface area contributed by atoms with Gasteiger partial charge in [0, 0.05) is 11.1 Å². The first-order chi connectivity index (χ1) is 10.7. The Bertz CT molecular complexity index is 872. The van der Waals surface area contributed by atoms with Crippen molar-refractivity contribution in [1.82, 2.24) is 14.8 Å². The van der Waals surface area contributed by atoms with Gasteiger partial charge in [-0.1, -0.05) is 48.0 Å². The molecule has 1 aliphatic rings. The van der Waals surface area contributed by atoms with Gasteiger partial charge in [0.15, 0.2) is 5.82 Å². The Hall–Kier alpha value is -2.75. The summed E-state index contributed by atoms with van der Waals surface area (Å²) in [7, 11) is 0. The molecule has 0 unspecified atom stereocenters. The highest BCUT2D eigenvalue weighted by Crippen LogP contribution is 2.25. The molecule has 0 saturated carbocycles. The van der Waals surface area contributed by atoms with E-state index in [4.69, 9.17) is 4.99 Å². The van der Waals surface area contributed by atoms with Gasteiger partial charge >= 0.3 is 0 Å². The van der Waals surface area contributed by atoms with E-state index in [1.807, 2.05) is 19.1 Å². The van der Waals surface area contributed by atoms with Crippen LogP contribution in [-0.4, -0.2) is 20.5 Å². The van der Waals surface area contributed by atoms with Crippen molar-refractivity contribution in [2.75, 3.05) is 0 Å². The van der Waals surface area contributed by atoms with Crippen molar-refractivity contribution in [3.05, 3.63) is 76.9 Å². The molecule has 22 heavy (non-hydrogen) atoms. The molecule has 4 rings (SSSR count). The molecule has 0 N–H and O–H groups in total. The summed E-state index contributed by atoms with van der Waals surface area (Å²) in [6.07, 6.45) is 0. The predicted octanol–water partition coefficient (Wildman–Crippen LogP) is 3.24. The Morgan fingerprint density at radius 3 is 2.50 bits per heavy atom. The average molecular weight is 288 g/mol. The van der Waals surface area contributed by atoms with Gasteiger partial charge in [0.25, 0.3) is 0 Å². The summed E-state index contributed by atoms with van der Waals surface area (Å²) in [4.78, 5) is 4.81. The van der Waals surface area contributed by atoms with Gasteiger partial charge in [-0.3, -0.25) is 9.56 Å². The molecule has 0 atom stereocenters. The molecule has 0 saturated heterocycles. The van der Waals surface area contributed by atoms with Gasteiger partial charge in [-0.05, 0) is 19.9 Å². The monoisotopic (exact) mass is 288 g/mol. The van der Waals surface area contributed by atoms with Crippen LogP contribution in [0.3, 0.4) is 0 Å². The lowest BCUT2D eigenvalue weighted by Crippen LogP contribution is -2.08. The summed E-state index contributed by atoms with van der Waals surface area (Å²) >= 11 is 0. The van der Waals surface area contributed by atoms with Crippen LogP contribution < -0.4 is 0 Å². The Morgan fingerprint density at radius 1 is 0.909 bits per heavy atom. The Labute approximate surface area is 129 Å². The lowest BCUT2D eigenvalue weighted by atomic mass is 9.99. The molecule has 0 bridgehead atoms. The number of rotatable bonds is 1. The minimum absolute atomic E-state index is 0.540. The molecule has 3 aromatic rings. The molecule has 2 aromatic carbocycles. The second-order valence-electron chi connectivity index (χ2n) is 5.55. The van der Waals surface area contributed by atoms with Gasteiger partial charge in [-0.2, -0.15) is 0 Å². The summed E-state index contributed by atoms with van der Waals surface area (Å²) in [6, 6.07) is 16.8. The molecule has 4 heteroatoms. The Kier molecular flexibility index (Phi) is 2.89. The Morgan fingerprint density at radius 2 is 1.68 bits per heavy atom. The maximum Gasteiger partial charge on any atom is 0.159 e. The van der Waals surface area contributed by atoms with Crippen LogP contribution >= 0.6 is 0 Å². The third-order valence-electron chi connectivity index (χ3n) is 4.00. The zero-order valence-corrected chi connectivity index (χ0v) is 12.6.